The van der Waals surface area contributed by atoms with Crippen LogP contribution >= 0.6 is 12.2 Å². The molecule has 2 rings (SSSR count). The average molecular weight is 306 g/mol. The molecule has 0 bridgehead atoms. The second-order valence-electron chi connectivity index (χ2n) is 4.63. The van der Waals surface area contributed by atoms with E-state index in [-0.39, 0.29) is 10.8 Å². The molecule has 5 heteroatoms. The van der Waals surface area contributed by atoms with E-state index in [4.69, 9.17) is 18.0 Å². The lowest BCUT2D eigenvalue weighted by atomic mass is 10.1. The Kier molecular flexibility index (Phi) is 4.85. The monoisotopic (exact) mass is 306 g/mol. The average Bonchev–Trinajstić information content (AvgIpc) is 2.46. The van der Waals surface area contributed by atoms with Gasteiger partial charge in [-0.2, -0.15) is 0 Å². The van der Waals surface area contributed by atoms with Crippen molar-refractivity contribution >= 4 is 22.9 Å². The van der Waals surface area contributed by atoms with Crippen LogP contribution in [0.5, 0.6) is 0 Å². The number of hydrogen-bond acceptors (Lipinski definition) is 2. The van der Waals surface area contributed by atoms with Crippen LogP contribution in [0.4, 0.5) is 14.5 Å². The highest BCUT2D eigenvalue weighted by atomic mass is 32.1. The van der Waals surface area contributed by atoms with Gasteiger partial charge in [-0.3, -0.25) is 0 Å². The Hall–Kier alpha value is -2.01. The lowest BCUT2D eigenvalue weighted by Crippen LogP contribution is -2.25. The van der Waals surface area contributed by atoms with Gasteiger partial charge in [-0.1, -0.05) is 30.4 Å². The van der Waals surface area contributed by atoms with Gasteiger partial charge >= 0.3 is 0 Å². The van der Waals surface area contributed by atoms with Crippen molar-refractivity contribution < 1.29 is 8.78 Å². The van der Waals surface area contributed by atoms with Crippen molar-refractivity contribution in [3.8, 4) is 0 Å². The van der Waals surface area contributed by atoms with E-state index in [0.717, 1.165) is 5.56 Å². The quantitative estimate of drug-likeness (QED) is 0.855. The molecule has 0 unspecified atom stereocenters. The van der Waals surface area contributed by atoms with Gasteiger partial charge in [0.15, 0.2) is 0 Å². The maximum atomic E-state index is 13.9. The van der Waals surface area contributed by atoms with E-state index in [0.29, 0.717) is 24.3 Å². The number of hydrogen-bond donors (Lipinski definition) is 1. The molecule has 0 saturated heterocycles. The van der Waals surface area contributed by atoms with Gasteiger partial charge in [0, 0.05) is 18.7 Å². The molecule has 0 aliphatic rings. The van der Waals surface area contributed by atoms with E-state index in [1.165, 1.54) is 18.2 Å². The molecule has 0 spiro atoms. The van der Waals surface area contributed by atoms with Crippen LogP contribution in [-0.2, 0) is 6.54 Å². The molecular formula is C16H16F2N2S. The molecule has 2 N–H and O–H groups in total. The van der Waals surface area contributed by atoms with Crippen LogP contribution in [0.15, 0.2) is 42.5 Å². The van der Waals surface area contributed by atoms with Crippen LogP contribution in [0, 0.1) is 11.6 Å². The molecule has 0 amide bonds. The number of para-hydroxylation sites is 1. The molecule has 110 valence electrons. The van der Waals surface area contributed by atoms with Gasteiger partial charge in [0.1, 0.15) is 16.6 Å². The molecule has 2 aromatic rings. The topological polar surface area (TPSA) is 29.3 Å². The van der Waals surface area contributed by atoms with E-state index in [1.807, 2.05) is 11.8 Å². The van der Waals surface area contributed by atoms with E-state index in [9.17, 15) is 8.78 Å². The second-order valence-corrected chi connectivity index (χ2v) is 5.07. The Morgan fingerprint density at radius 2 is 1.90 bits per heavy atom. The molecule has 0 atom stereocenters. The van der Waals surface area contributed by atoms with E-state index in [1.54, 1.807) is 24.3 Å². The summed E-state index contributed by atoms with van der Waals surface area (Å²) >= 11 is 4.96. The Bertz CT molecular complexity index is 658. The summed E-state index contributed by atoms with van der Waals surface area (Å²) in [7, 11) is 0. The van der Waals surface area contributed by atoms with E-state index >= 15 is 0 Å². The number of anilines is 1. The Balaban J connectivity index is 2.36. The van der Waals surface area contributed by atoms with Gasteiger partial charge in [-0.05, 0) is 36.8 Å². The van der Waals surface area contributed by atoms with Crippen molar-refractivity contribution in [3.05, 3.63) is 65.2 Å². The number of thiocarbonyl (C=S) groups is 1. The molecular weight excluding hydrogens is 290 g/mol. The number of nitrogens with zero attached hydrogens (tertiary/aromatic N) is 1. The fourth-order valence-corrected chi connectivity index (χ4v) is 2.39. The SMILES string of the molecule is CCN(Cc1ccc(F)cc1C(N)=S)c1ccccc1F. The summed E-state index contributed by atoms with van der Waals surface area (Å²) in [5, 5.41) is 0. The van der Waals surface area contributed by atoms with Gasteiger partial charge in [0.05, 0.1) is 5.69 Å². The largest absolute Gasteiger partial charge is 0.389 e. The number of benzene rings is 2. The minimum atomic E-state index is -0.393. The van der Waals surface area contributed by atoms with Crippen molar-refractivity contribution in [2.45, 2.75) is 13.5 Å². The fraction of sp³-hybridized carbons (Fsp3) is 0.188. The molecule has 0 saturated carbocycles. The van der Waals surface area contributed by atoms with Crippen LogP contribution in [0.3, 0.4) is 0 Å². The number of rotatable bonds is 5. The lowest BCUT2D eigenvalue weighted by molar-refractivity contribution is 0.616. The zero-order valence-electron chi connectivity index (χ0n) is 11.6. The summed E-state index contributed by atoms with van der Waals surface area (Å²) in [4.78, 5) is 1.98. The normalized spacial score (nSPS) is 10.4. The predicted octanol–water partition coefficient (Wildman–Crippen LogP) is 3.63. The maximum Gasteiger partial charge on any atom is 0.146 e. The molecule has 2 nitrogen and oxygen atoms in total. The van der Waals surface area contributed by atoms with Crippen molar-refractivity contribution in [1.29, 1.82) is 0 Å². The third kappa shape index (κ3) is 3.55. The molecule has 0 fully saturated rings. The fourth-order valence-electron chi connectivity index (χ4n) is 2.20. The smallest absolute Gasteiger partial charge is 0.146 e. The van der Waals surface area contributed by atoms with Crippen molar-refractivity contribution in [1.82, 2.24) is 0 Å². The summed E-state index contributed by atoms with van der Waals surface area (Å²) in [5.41, 5.74) is 7.40. The first-order chi connectivity index (χ1) is 10.0. The van der Waals surface area contributed by atoms with Crippen LogP contribution < -0.4 is 10.6 Å². The highest BCUT2D eigenvalue weighted by molar-refractivity contribution is 7.80. The van der Waals surface area contributed by atoms with Crippen molar-refractivity contribution in [2.24, 2.45) is 5.73 Å². The minimum Gasteiger partial charge on any atom is -0.389 e. The zero-order chi connectivity index (χ0) is 15.4. The summed E-state index contributed by atoms with van der Waals surface area (Å²) < 4.78 is 27.2. The zero-order valence-corrected chi connectivity index (χ0v) is 12.5. The molecule has 2 aromatic carbocycles. The molecule has 0 aliphatic heterocycles. The number of halogens is 2. The van der Waals surface area contributed by atoms with E-state index < -0.39 is 5.82 Å². The molecule has 21 heavy (non-hydrogen) atoms. The second kappa shape index (κ2) is 6.63. The van der Waals surface area contributed by atoms with Crippen LogP contribution in [0.25, 0.3) is 0 Å². The van der Waals surface area contributed by atoms with Gasteiger partial charge in [0.2, 0.25) is 0 Å². The first kappa shape index (κ1) is 15.4. The standard InChI is InChI=1S/C16H16F2N2S/c1-2-20(15-6-4-3-5-14(15)18)10-11-7-8-12(17)9-13(11)16(19)21/h3-9H,2,10H2,1H3,(H2,19,21). The van der Waals surface area contributed by atoms with E-state index in [2.05, 4.69) is 0 Å². The van der Waals surface area contributed by atoms with Crippen molar-refractivity contribution in [3.63, 3.8) is 0 Å². The molecule has 0 aliphatic carbocycles. The third-order valence-electron chi connectivity index (χ3n) is 3.27. The first-order valence-electron chi connectivity index (χ1n) is 6.60. The molecule has 0 aromatic heterocycles. The van der Waals surface area contributed by atoms with Gasteiger partial charge in [0.25, 0.3) is 0 Å². The highest BCUT2D eigenvalue weighted by Gasteiger charge is 2.13. The number of nitrogens with two attached hydrogens (primary N) is 1. The van der Waals surface area contributed by atoms with Crippen molar-refractivity contribution in [2.75, 3.05) is 11.4 Å². The Labute approximate surface area is 128 Å². The summed E-state index contributed by atoms with van der Waals surface area (Å²) in [5.74, 6) is -0.686. The van der Waals surface area contributed by atoms with Crippen LogP contribution in [-0.4, -0.2) is 11.5 Å². The first-order valence-corrected chi connectivity index (χ1v) is 7.01. The molecule has 0 radical (unpaired) electrons. The third-order valence-corrected chi connectivity index (χ3v) is 3.49. The van der Waals surface area contributed by atoms with Crippen LogP contribution in [0.2, 0.25) is 0 Å². The maximum absolute atomic E-state index is 13.9. The van der Waals surface area contributed by atoms with Crippen LogP contribution in [0.1, 0.15) is 18.1 Å². The summed E-state index contributed by atoms with van der Waals surface area (Å²) in [6.07, 6.45) is 0. The minimum absolute atomic E-state index is 0.133. The summed E-state index contributed by atoms with van der Waals surface area (Å²) in [6, 6.07) is 10.8. The molecule has 0 heterocycles. The predicted molar refractivity (Wildman–Crippen MR) is 85.4 cm³/mol. The Morgan fingerprint density at radius 1 is 1.19 bits per heavy atom. The van der Waals surface area contributed by atoms with Gasteiger partial charge < -0.3 is 10.6 Å². The Morgan fingerprint density at radius 3 is 2.52 bits per heavy atom. The van der Waals surface area contributed by atoms with Gasteiger partial charge in [-0.25, -0.2) is 8.78 Å². The summed E-state index contributed by atoms with van der Waals surface area (Å²) in [6.45, 7) is 2.94. The highest BCUT2D eigenvalue weighted by Crippen LogP contribution is 2.22. The van der Waals surface area contributed by atoms with Gasteiger partial charge in [-0.15, -0.1) is 0 Å². The lowest BCUT2D eigenvalue weighted by Gasteiger charge is -2.24.